The number of ether oxygens (including phenoxy) is 1. The van der Waals surface area contributed by atoms with E-state index in [1.165, 1.54) is 16.5 Å². The van der Waals surface area contributed by atoms with Crippen LogP contribution in [0.25, 0.3) is 20.0 Å². The molecule has 2 N–H and O–H groups in total. The minimum absolute atomic E-state index is 0.235. The molecule has 0 radical (unpaired) electrons. The molecular formula is C23H19BrN4O3S2. The van der Waals surface area contributed by atoms with Crippen LogP contribution in [0, 0.1) is 0 Å². The largest absolute Gasteiger partial charge is 0.453 e. The molecule has 1 aromatic carbocycles. The molecule has 168 valence electrons. The fourth-order valence-electron chi connectivity index (χ4n) is 3.81. The molecule has 0 saturated carbocycles. The Morgan fingerprint density at radius 2 is 2.03 bits per heavy atom. The number of nitrogens with zero attached hydrogens (tertiary/aromatic N) is 2. The molecule has 4 aromatic rings. The second kappa shape index (κ2) is 9.12. The zero-order chi connectivity index (χ0) is 22.9. The summed E-state index contributed by atoms with van der Waals surface area (Å²) in [6.07, 6.45) is 5.09. The maximum Gasteiger partial charge on any atom is 0.407 e. The van der Waals surface area contributed by atoms with Gasteiger partial charge in [-0.2, -0.15) is 0 Å². The highest BCUT2D eigenvalue weighted by Crippen LogP contribution is 2.40. The number of hydrogen-bond donors (Lipinski definition) is 2. The van der Waals surface area contributed by atoms with Crippen molar-refractivity contribution in [2.24, 2.45) is 0 Å². The van der Waals surface area contributed by atoms with E-state index in [1.54, 1.807) is 27.6 Å². The first-order chi connectivity index (χ1) is 16.0. The van der Waals surface area contributed by atoms with Crippen molar-refractivity contribution in [1.29, 1.82) is 0 Å². The van der Waals surface area contributed by atoms with Gasteiger partial charge in [-0.15, -0.1) is 22.7 Å². The number of halogens is 1. The fraction of sp³-hybridized carbons (Fsp3) is 0.174. The number of imidazole rings is 1. The molecular weight excluding hydrogens is 524 g/mol. The highest BCUT2D eigenvalue weighted by molar-refractivity contribution is 9.11. The number of methoxy groups -OCH3 is 1. The monoisotopic (exact) mass is 542 g/mol. The van der Waals surface area contributed by atoms with Gasteiger partial charge in [0.2, 0.25) is 0 Å². The molecule has 0 saturated heterocycles. The van der Waals surface area contributed by atoms with Gasteiger partial charge in [-0.1, -0.05) is 42.5 Å². The molecule has 0 fully saturated rings. The number of hydrogen-bond acceptors (Lipinski definition) is 6. The number of rotatable bonds is 5. The number of nitrogens with one attached hydrogen (secondary N) is 2. The lowest BCUT2D eigenvalue weighted by Gasteiger charge is -2.28. The van der Waals surface area contributed by atoms with Crippen LogP contribution in [0.2, 0.25) is 0 Å². The number of carbonyl (C=O) groups is 2. The summed E-state index contributed by atoms with van der Waals surface area (Å²) in [7, 11) is 1.28. The van der Waals surface area contributed by atoms with Crippen molar-refractivity contribution in [2.75, 3.05) is 13.7 Å². The van der Waals surface area contributed by atoms with Crippen LogP contribution in [-0.2, 0) is 9.53 Å². The van der Waals surface area contributed by atoms with E-state index in [9.17, 15) is 9.59 Å². The van der Waals surface area contributed by atoms with E-state index in [-0.39, 0.29) is 11.9 Å². The van der Waals surface area contributed by atoms with Crippen molar-refractivity contribution in [3.05, 3.63) is 76.0 Å². The molecule has 0 bridgehead atoms. The molecule has 1 aliphatic rings. The van der Waals surface area contributed by atoms with Crippen molar-refractivity contribution in [3.8, 4) is 10.6 Å². The van der Waals surface area contributed by atoms with Crippen molar-refractivity contribution in [1.82, 2.24) is 20.2 Å². The van der Waals surface area contributed by atoms with Gasteiger partial charge in [0.05, 0.1) is 21.5 Å². The minimum Gasteiger partial charge on any atom is -0.453 e. The van der Waals surface area contributed by atoms with E-state index in [4.69, 9.17) is 9.72 Å². The fourth-order valence-corrected chi connectivity index (χ4v) is 6.79. The Balaban J connectivity index is 1.41. The van der Waals surface area contributed by atoms with Gasteiger partial charge < -0.3 is 19.9 Å². The smallest absolute Gasteiger partial charge is 0.407 e. The first-order valence-corrected chi connectivity index (χ1v) is 12.6. The normalized spacial score (nSPS) is 16.3. The standard InChI is InChI=1S/C23H19BrN4O3S2/c1-31-23(30)27-20(13-6-3-2-4-7-13)22(29)28-9-5-8-15(28)21-25-12-14(26-21)16-10-17-18(32-16)11-19(24)33-17/h2-8,10-12,15,20H,9H2,1H3,(H,25,26)(H,27,30)/t15-,20?/m0/s1. The van der Waals surface area contributed by atoms with Crippen molar-refractivity contribution >= 4 is 60.0 Å². The van der Waals surface area contributed by atoms with E-state index in [0.29, 0.717) is 17.9 Å². The lowest BCUT2D eigenvalue weighted by Crippen LogP contribution is -2.43. The molecule has 7 nitrogen and oxygen atoms in total. The maximum atomic E-state index is 13.5. The molecule has 1 unspecified atom stereocenters. The topological polar surface area (TPSA) is 87.3 Å². The Hall–Kier alpha value is -2.95. The molecule has 10 heteroatoms. The van der Waals surface area contributed by atoms with Crippen LogP contribution in [0.5, 0.6) is 0 Å². The lowest BCUT2D eigenvalue weighted by molar-refractivity contribution is -0.134. The van der Waals surface area contributed by atoms with Crippen molar-refractivity contribution in [3.63, 3.8) is 0 Å². The number of carbonyl (C=O) groups excluding carboxylic acids is 2. The summed E-state index contributed by atoms with van der Waals surface area (Å²) in [4.78, 5) is 36.3. The summed E-state index contributed by atoms with van der Waals surface area (Å²) in [5, 5.41) is 2.67. The number of aromatic nitrogens is 2. The number of fused-ring (bicyclic) bond motifs is 1. The van der Waals surface area contributed by atoms with E-state index in [2.05, 4.69) is 38.4 Å². The number of alkyl carbamates (subject to hydrolysis) is 1. The van der Waals surface area contributed by atoms with Gasteiger partial charge in [0.25, 0.3) is 5.91 Å². The SMILES string of the molecule is COC(=O)NC(C(=O)N1CC=C[C@H]1c1nc(-c2cc3sc(Br)cc3s2)c[nH]1)c1ccccc1. The number of thiophene rings is 2. The van der Waals surface area contributed by atoms with Gasteiger partial charge in [-0.25, -0.2) is 9.78 Å². The molecule has 5 rings (SSSR count). The number of aromatic amines is 1. The minimum atomic E-state index is -0.863. The zero-order valence-electron chi connectivity index (χ0n) is 17.4. The van der Waals surface area contributed by atoms with Gasteiger partial charge in [-0.3, -0.25) is 4.79 Å². The maximum absolute atomic E-state index is 13.5. The van der Waals surface area contributed by atoms with E-state index < -0.39 is 12.1 Å². The van der Waals surface area contributed by atoms with Crippen molar-refractivity contribution in [2.45, 2.75) is 12.1 Å². The third kappa shape index (κ3) is 4.33. The lowest BCUT2D eigenvalue weighted by atomic mass is 10.1. The van der Waals surface area contributed by atoms with E-state index >= 15 is 0 Å². The van der Waals surface area contributed by atoms with Gasteiger partial charge in [-0.05, 0) is 33.6 Å². The molecule has 1 aliphatic heterocycles. The Morgan fingerprint density at radius 3 is 2.79 bits per heavy atom. The average Bonchev–Trinajstić information content (AvgIpc) is 3.60. The highest BCUT2D eigenvalue weighted by Gasteiger charge is 2.34. The van der Waals surface area contributed by atoms with Crippen LogP contribution < -0.4 is 5.32 Å². The molecule has 3 aromatic heterocycles. The molecule has 2 atom stereocenters. The van der Waals surface area contributed by atoms with Crippen LogP contribution >= 0.6 is 38.6 Å². The Morgan fingerprint density at radius 1 is 1.24 bits per heavy atom. The van der Waals surface area contributed by atoms with Crippen LogP contribution in [0.15, 0.2) is 64.6 Å². The Bertz CT molecular complexity index is 1310. The van der Waals surface area contributed by atoms with Crippen LogP contribution in [0.4, 0.5) is 4.79 Å². The van der Waals surface area contributed by atoms with Gasteiger partial charge in [0, 0.05) is 22.1 Å². The summed E-state index contributed by atoms with van der Waals surface area (Å²) >= 11 is 6.90. The number of benzene rings is 1. The van der Waals surface area contributed by atoms with Gasteiger partial charge in [0.15, 0.2) is 0 Å². The Labute approximate surface area is 206 Å². The first-order valence-electron chi connectivity index (χ1n) is 10.1. The predicted octanol–water partition coefficient (Wildman–Crippen LogP) is 5.65. The summed E-state index contributed by atoms with van der Waals surface area (Å²) < 4.78 is 8.28. The van der Waals surface area contributed by atoms with Gasteiger partial charge in [0.1, 0.15) is 17.9 Å². The zero-order valence-corrected chi connectivity index (χ0v) is 20.7. The highest BCUT2D eigenvalue weighted by atomic mass is 79.9. The summed E-state index contributed by atoms with van der Waals surface area (Å²) in [5.74, 6) is 0.441. The average molecular weight is 543 g/mol. The summed E-state index contributed by atoms with van der Waals surface area (Å²) in [5.41, 5.74) is 1.53. The number of H-pyrrole nitrogens is 1. The summed E-state index contributed by atoms with van der Waals surface area (Å²) in [6, 6.07) is 12.2. The quantitative estimate of drug-likeness (QED) is 0.319. The first kappa shape index (κ1) is 21.9. The molecule has 0 spiro atoms. The molecule has 4 heterocycles. The third-order valence-electron chi connectivity index (χ3n) is 5.37. The van der Waals surface area contributed by atoms with Gasteiger partial charge >= 0.3 is 6.09 Å². The predicted molar refractivity (Wildman–Crippen MR) is 133 cm³/mol. The molecule has 2 amide bonds. The molecule has 33 heavy (non-hydrogen) atoms. The number of amides is 2. The van der Waals surface area contributed by atoms with E-state index in [1.807, 2.05) is 48.7 Å². The second-order valence-corrected chi connectivity index (χ2v) is 11.0. The van der Waals surface area contributed by atoms with Crippen LogP contribution in [0.1, 0.15) is 23.5 Å². The van der Waals surface area contributed by atoms with Crippen LogP contribution in [-0.4, -0.2) is 40.5 Å². The third-order valence-corrected chi connectivity index (χ3v) is 8.19. The Kier molecular flexibility index (Phi) is 6.05. The van der Waals surface area contributed by atoms with Crippen molar-refractivity contribution < 1.29 is 14.3 Å². The second-order valence-electron chi connectivity index (χ2n) is 7.40. The van der Waals surface area contributed by atoms with E-state index in [0.717, 1.165) is 14.4 Å². The summed E-state index contributed by atoms with van der Waals surface area (Å²) in [6.45, 7) is 0.425. The van der Waals surface area contributed by atoms with Crippen LogP contribution in [0.3, 0.4) is 0 Å². The molecule has 0 aliphatic carbocycles.